The molecular formula is C16H21F2NO. The fraction of sp³-hybridized carbons (Fsp3) is 0.562. The number of unbranched alkanes of at least 4 members (excludes halogenated alkanes) is 1. The van der Waals surface area contributed by atoms with E-state index >= 15 is 0 Å². The third-order valence-electron chi connectivity index (χ3n) is 4.08. The van der Waals surface area contributed by atoms with Crippen LogP contribution in [-0.2, 0) is 0 Å². The molecule has 1 amide bonds. The normalized spacial score (nSPS) is 21.9. The van der Waals surface area contributed by atoms with Crippen molar-refractivity contribution in [2.24, 2.45) is 5.92 Å². The number of hydrogen-bond acceptors (Lipinski definition) is 1. The lowest BCUT2D eigenvalue weighted by molar-refractivity contribution is 0.0922. The summed E-state index contributed by atoms with van der Waals surface area (Å²) in [7, 11) is 0. The van der Waals surface area contributed by atoms with Gasteiger partial charge in [0.05, 0.1) is 5.56 Å². The second-order valence-electron chi connectivity index (χ2n) is 5.54. The highest BCUT2D eigenvalue weighted by Crippen LogP contribution is 2.30. The van der Waals surface area contributed by atoms with Crippen LogP contribution < -0.4 is 5.32 Å². The van der Waals surface area contributed by atoms with Gasteiger partial charge in [-0.25, -0.2) is 8.78 Å². The molecule has 0 saturated heterocycles. The van der Waals surface area contributed by atoms with E-state index in [1.54, 1.807) is 0 Å². The number of halogens is 2. The average Bonchev–Trinajstić information content (AvgIpc) is 2.86. The lowest BCUT2D eigenvalue weighted by atomic mass is 9.96. The molecule has 2 atom stereocenters. The van der Waals surface area contributed by atoms with Crippen LogP contribution in [0.4, 0.5) is 8.78 Å². The smallest absolute Gasteiger partial charge is 0.254 e. The van der Waals surface area contributed by atoms with Crippen molar-refractivity contribution >= 4 is 5.91 Å². The van der Waals surface area contributed by atoms with Crippen molar-refractivity contribution in [1.82, 2.24) is 5.32 Å². The van der Waals surface area contributed by atoms with E-state index in [1.165, 1.54) is 0 Å². The minimum absolute atomic E-state index is 0.0942. The van der Waals surface area contributed by atoms with E-state index in [2.05, 4.69) is 12.2 Å². The molecule has 1 fully saturated rings. The summed E-state index contributed by atoms with van der Waals surface area (Å²) in [6.07, 6.45) is 6.49. The van der Waals surface area contributed by atoms with Crippen molar-refractivity contribution in [2.45, 2.75) is 51.5 Å². The van der Waals surface area contributed by atoms with E-state index in [9.17, 15) is 13.6 Å². The highest BCUT2D eigenvalue weighted by atomic mass is 19.1. The van der Waals surface area contributed by atoms with E-state index in [-0.39, 0.29) is 11.6 Å². The maximum atomic E-state index is 13.6. The van der Waals surface area contributed by atoms with Crippen molar-refractivity contribution in [3.05, 3.63) is 35.4 Å². The monoisotopic (exact) mass is 281 g/mol. The van der Waals surface area contributed by atoms with Crippen LogP contribution in [-0.4, -0.2) is 11.9 Å². The predicted octanol–water partition coefficient (Wildman–Crippen LogP) is 4.05. The maximum absolute atomic E-state index is 13.6. The molecule has 0 heterocycles. The number of carbonyl (C=O) groups excluding carboxylic acids is 1. The molecule has 1 N–H and O–H groups in total. The van der Waals surface area contributed by atoms with Crippen molar-refractivity contribution in [2.75, 3.05) is 0 Å². The number of hydrogen-bond donors (Lipinski definition) is 1. The SMILES string of the molecule is CCCCC1CCCC1NC(=O)c1cc(F)ccc1F. The number of amides is 1. The zero-order valence-electron chi connectivity index (χ0n) is 11.8. The summed E-state index contributed by atoms with van der Waals surface area (Å²) in [6.45, 7) is 2.14. The quantitative estimate of drug-likeness (QED) is 0.866. The van der Waals surface area contributed by atoms with Gasteiger partial charge in [0, 0.05) is 6.04 Å². The van der Waals surface area contributed by atoms with Gasteiger partial charge in [-0.1, -0.05) is 26.2 Å². The second-order valence-corrected chi connectivity index (χ2v) is 5.54. The maximum Gasteiger partial charge on any atom is 0.254 e. The molecule has 2 unspecified atom stereocenters. The lowest BCUT2D eigenvalue weighted by Crippen LogP contribution is -2.37. The molecule has 1 aliphatic rings. The highest BCUT2D eigenvalue weighted by molar-refractivity contribution is 5.94. The zero-order valence-corrected chi connectivity index (χ0v) is 11.8. The summed E-state index contributed by atoms with van der Waals surface area (Å²) in [5.41, 5.74) is -0.203. The fourth-order valence-electron chi connectivity index (χ4n) is 2.96. The van der Waals surface area contributed by atoms with Gasteiger partial charge in [0.1, 0.15) is 11.6 Å². The molecule has 0 radical (unpaired) electrons. The van der Waals surface area contributed by atoms with Crippen LogP contribution in [0.5, 0.6) is 0 Å². The first-order chi connectivity index (χ1) is 9.61. The standard InChI is InChI=1S/C16H21F2NO/c1-2-3-5-11-6-4-7-15(11)19-16(20)13-10-12(17)8-9-14(13)18/h8-11,15H,2-7H2,1H3,(H,19,20). The zero-order chi connectivity index (χ0) is 14.5. The molecule has 1 aromatic rings. The fourth-order valence-corrected chi connectivity index (χ4v) is 2.96. The Hall–Kier alpha value is -1.45. The first kappa shape index (κ1) is 14.9. The highest BCUT2D eigenvalue weighted by Gasteiger charge is 2.28. The van der Waals surface area contributed by atoms with Crippen molar-refractivity contribution in [1.29, 1.82) is 0 Å². The molecule has 0 bridgehead atoms. The Labute approximate surface area is 118 Å². The van der Waals surface area contributed by atoms with Gasteiger partial charge in [-0.3, -0.25) is 4.79 Å². The Morgan fingerprint density at radius 1 is 1.35 bits per heavy atom. The van der Waals surface area contributed by atoms with Gasteiger partial charge in [0.2, 0.25) is 0 Å². The minimum Gasteiger partial charge on any atom is -0.349 e. The average molecular weight is 281 g/mol. The van der Waals surface area contributed by atoms with Crippen LogP contribution in [0.25, 0.3) is 0 Å². The summed E-state index contributed by atoms with van der Waals surface area (Å²) >= 11 is 0. The van der Waals surface area contributed by atoms with Crippen LogP contribution in [0.15, 0.2) is 18.2 Å². The van der Waals surface area contributed by atoms with Crippen molar-refractivity contribution < 1.29 is 13.6 Å². The summed E-state index contributed by atoms with van der Waals surface area (Å²) in [5.74, 6) is -1.30. The predicted molar refractivity (Wildman–Crippen MR) is 74.5 cm³/mol. The van der Waals surface area contributed by atoms with Crippen LogP contribution in [0.3, 0.4) is 0 Å². The first-order valence-corrected chi connectivity index (χ1v) is 7.37. The summed E-state index contributed by atoms with van der Waals surface area (Å²) in [6, 6.07) is 3.07. The summed E-state index contributed by atoms with van der Waals surface area (Å²) in [4.78, 5) is 12.1. The Morgan fingerprint density at radius 3 is 2.90 bits per heavy atom. The topological polar surface area (TPSA) is 29.1 Å². The largest absolute Gasteiger partial charge is 0.349 e. The second kappa shape index (κ2) is 6.82. The molecule has 4 heteroatoms. The molecule has 0 aromatic heterocycles. The van der Waals surface area contributed by atoms with Gasteiger partial charge in [0.25, 0.3) is 5.91 Å². The number of nitrogens with one attached hydrogen (secondary N) is 1. The van der Waals surface area contributed by atoms with Gasteiger partial charge in [-0.2, -0.15) is 0 Å². The molecule has 2 rings (SSSR count). The Bertz CT molecular complexity index is 476. The van der Waals surface area contributed by atoms with Crippen molar-refractivity contribution in [3.63, 3.8) is 0 Å². The molecule has 1 saturated carbocycles. The Morgan fingerprint density at radius 2 is 2.15 bits per heavy atom. The van der Waals surface area contributed by atoms with Gasteiger partial charge < -0.3 is 5.32 Å². The van der Waals surface area contributed by atoms with Gasteiger partial charge in [0.15, 0.2) is 0 Å². The summed E-state index contributed by atoms with van der Waals surface area (Å²) < 4.78 is 26.7. The molecule has 20 heavy (non-hydrogen) atoms. The number of carbonyl (C=O) groups is 1. The molecule has 1 aliphatic carbocycles. The Balaban J connectivity index is 2.01. The van der Waals surface area contributed by atoms with E-state index in [1.807, 2.05) is 0 Å². The molecule has 110 valence electrons. The molecule has 1 aromatic carbocycles. The molecule has 0 aliphatic heterocycles. The van der Waals surface area contributed by atoms with Crippen LogP contribution in [0, 0.1) is 17.6 Å². The van der Waals surface area contributed by atoms with E-state index < -0.39 is 17.5 Å². The van der Waals surface area contributed by atoms with E-state index in [4.69, 9.17) is 0 Å². The van der Waals surface area contributed by atoms with Crippen LogP contribution in [0.1, 0.15) is 55.8 Å². The van der Waals surface area contributed by atoms with Gasteiger partial charge in [-0.05, 0) is 43.4 Å². The van der Waals surface area contributed by atoms with Gasteiger partial charge >= 0.3 is 0 Å². The van der Waals surface area contributed by atoms with E-state index in [0.717, 1.165) is 56.7 Å². The lowest BCUT2D eigenvalue weighted by Gasteiger charge is -2.21. The molecule has 0 spiro atoms. The summed E-state index contributed by atoms with van der Waals surface area (Å²) in [5, 5.41) is 2.88. The third kappa shape index (κ3) is 3.56. The minimum atomic E-state index is -0.674. The first-order valence-electron chi connectivity index (χ1n) is 7.37. The van der Waals surface area contributed by atoms with Crippen molar-refractivity contribution in [3.8, 4) is 0 Å². The van der Waals surface area contributed by atoms with Crippen LogP contribution >= 0.6 is 0 Å². The number of rotatable bonds is 5. The molecule has 2 nitrogen and oxygen atoms in total. The number of benzene rings is 1. The van der Waals surface area contributed by atoms with E-state index in [0.29, 0.717) is 5.92 Å². The molecular weight excluding hydrogens is 260 g/mol. The Kier molecular flexibility index (Phi) is 5.10. The van der Waals surface area contributed by atoms with Gasteiger partial charge in [-0.15, -0.1) is 0 Å². The third-order valence-corrected chi connectivity index (χ3v) is 4.08. The van der Waals surface area contributed by atoms with Crippen LogP contribution in [0.2, 0.25) is 0 Å².